The zero-order valence-electron chi connectivity index (χ0n) is 36.7. The SMILES string of the molecule is Cc1cc(N(c2ccc(C(C)(C)C)cc2)c2ccc(C(C)(C)C)cc2C)c(C)c(N(c2ccc(C(C)(C)C)cc2)c2c(C)sc3ccc4c5ccccc5sc4c23)c1. The van der Waals surface area contributed by atoms with Gasteiger partial charge in [0.25, 0.3) is 0 Å². The zero-order valence-corrected chi connectivity index (χ0v) is 38.3. The van der Waals surface area contributed by atoms with Crippen LogP contribution in [0.15, 0.2) is 115 Å². The Hall–Kier alpha value is -4.90. The lowest BCUT2D eigenvalue weighted by molar-refractivity contribution is 0.589. The lowest BCUT2D eigenvalue weighted by Gasteiger charge is -2.34. The van der Waals surface area contributed by atoms with E-state index < -0.39 is 0 Å². The van der Waals surface area contributed by atoms with Crippen LogP contribution >= 0.6 is 22.7 Å². The second kappa shape index (κ2) is 14.4. The van der Waals surface area contributed by atoms with Crippen molar-refractivity contribution in [3.8, 4) is 0 Å². The number of hydrogen-bond acceptors (Lipinski definition) is 4. The molecule has 0 saturated carbocycles. The molecule has 296 valence electrons. The van der Waals surface area contributed by atoms with E-state index in [4.69, 9.17) is 0 Å². The maximum absolute atomic E-state index is 2.58. The fourth-order valence-electron chi connectivity index (χ4n) is 8.41. The Balaban J connectivity index is 1.42. The minimum Gasteiger partial charge on any atom is -0.310 e. The molecule has 0 spiro atoms. The number of nitrogens with zero attached hydrogens (tertiary/aromatic N) is 2. The van der Waals surface area contributed by atoms with Crippen molar-refractivity contribution < 1.29 is 0 Å². The monoisotopic (exact) mass is 798 g/mol. The van der Waals surface area contributed by atoms with Gasteiger partial charge in [0.2, 0.25) is 0 Å². The topological polar surface area (TPSA) is 6.48 Å². The number of hydrogen-bond donors (Lipinski definition) is 0. The lowest BCUT2D eigenvalue weighted by atomic mass is 9.85. The Kier molecular flexibility index (Phi) is 9.93. The highest BCUT2D eigenvalue weighted by molar-refractivity contribution is 7.28. The van der Waals surface area contributed by atoms with Crippen LogP contribution in [0.2, 0.25) is 0 Å². The summed E-state index contributed by atoms with van der Waals surface area (Å²) in [6, 6.07) is 44.0. The smallest absolute Gasteiger partial charge is 0.0691 e. The van der Waals surface area contributed by atoms with Gasteiger partial charge in [-0.15, -0.1) is 22.7 Å². The third kappa shape index (κ3) is 7.13. The first kappa shape index (κ1) is 39.9. The fourth-order valence-corrected chi connectivity index (χ4v) is 10.8. The quantitative estimate of drug-likeness (QED) is 0.165. The molecule has 8 rings (SSSR count). The highest BCUT2D eigenvalue weighted by atomic mass is 32.1. The number of anilines is 6. The first-order chi connectivity index (χ1) is 27.3. The molecule has 0 saturated heterocycles. The molecule has 0 aliphatic heterocycles. The van der Waals surface area contributed by atoms with Crippen LogP contribution in [0.5, 0.6) is 0 Å². The summed E-state index contributed by atoms with van der Waals surface area (Å²) in [5.41, 5.74) is 15.0. The molecule has 0 bridgehead atoms. The van der Waals surface area contributed by atoms with Crippen molar-refractivity contribution in [2.75, 3.05) is 9.80 Å². The van der Waals surface area contributed by atoms with Crippen molar-refractivity contribution in [3.05, 3.63) is 154 Å². The van der Waals surface area contributed by atoms with Gasteiger partial charge in [0.05, 0.1) is 17.1 Å². The predicted molar refractivity (Wildman–Crippen MR) is 259 cm³/mol. The van der Waals surface area contributed by atoms with Crippen molar-refractivity contribution >= 4 is 87.1 Å². The van der Waals surface area contributed by atoms with Crippen LogP contribution in [-0.2, 0) is 16.2 Å². The number of rotatable bonds is 6. The van der Waals surface area contributed by atoms with E-state index in [0.717, 1.165) is 5.69 Å². The van der Waals surface area contributed by atoms with Crippen LogP contribution in [0.3, 0.4) is 0 Å². The second-order valence-corrected chi connectivity index (χ2v) is 21.7. The van der Waals surface area contributed by atoms with Crippen molar-refractivity contribution in [2.45, 2.75) is 106 Å². The summed E-state index contributed by atoms with van der Waals surface area (Å²) in [6.45, 7) is 29.8. The van der Waals surface area contributed by atoms with Gasteiger partial charge in [0.15, 0.2) is 0 Å². The molecule has 0 amide bonds. The number of benzene rings is 6. The van der Waals surface area contributed by atoms with E-state index in [1.807, 2.05) is 22.7 Å². The van der Waals surface area contributed by atoms with E-state index >= 15 is 0 Å². The zero-order chi connectivity index (χ0) is 41.5. The first-order valence-corrected chi connectivity index (χ1v) is 22.3. The maximum Gasteiger partial charge on any atom is 0.0691 e. The highest BCUT2D eigenvalue weighted by Crippen LogP contribution is 2.53. The maximum atomic E-state index is 2.58. The van der Waals surface area contributed by atoms with E-state index in [2.05, 4.69) is 215 Å². The van der Waals surface area contributed by atoms with Crippen LogP contribution < -0.4 is 9.80 Å². The van der Waals surface area contributed by atoms with Crippen LogP contribution in [0, 0.1) is 27.7 Å². The van der Waals surface area contributed by atoms with Gasteiger partial charge in [0.1, 0.15) is 0 Å². The lowest BCUT2D eigenvalue weighted by Crippen LogP contribution is -2.18. The van der Waals surface area contributed by atoms with Crippen molar-refractivity contribution in [1.82, 2.24) is 0 Å². The van der Waals surface area contributed by atoms with E-state index in [-0.39, 0.29) is 16.2 Å². The average molecular weight is 799 g/mol. The Morgan fingerprint density at radius 1 is 0.448 bits per heavy atom. The largest absolute Gasteiger partial charge is 0.310 e. The van der Waals surface area contributed by atoms with Gasteiger partial charge in [-0.25, -0.2) is 0 Å². The standard InChI is InChI=1S/C54H58N2S2/c1-33-30-45(55(40-23-18-37(19-24-40)52(5,6)7)44-28-22-39(32-34(44)2)54(11,12)13)35(3)46(31-33)56(41-25-20-38(21-26-41)53(8,9)10)50-36(4)57-48-29-27-43-42-16-14-15-17-47(42)58-51(43)49(48)50/h14-32H,1-13H3. The molecular weight excluding hydrogens is 741 g/mol. The molecule has 8 aromatic rings. The van der Waals surface area contributed by atoms with Gasteiger partial charge in [-0.3, -0.25) is 0 Å². The van der Waals surface area contributed by atoms with E-state index in [0.29, 0.717) is 0 Å². The third-order valence-electron chi connectivity index (χ3n) is 11.8. The van der Waals surface area contributed by atoms with Gasteiger partial charge >= 0.3 is 0 Å². The van der Waals surface area contributed by atoms with Crippen LogP contribution in [0.4, 0.5) is 34.1 Å². The van der Waals surface area contributed by atoms with Gasteiger partial charge < -0.3 is 9.80 Å². The molecule has 0 fully saturated rings. The second-order valence-electron chi connectivity index (χ2n) is 19.4. The minimum atomic E-state index is 0.0491. The van der Waals surface area contributed by atoms with Crippen LogP contribution in [0.25, 0.3) is 30.3 Å². The van der Waals surface area contributed by atoms with Crippen LogP contribution in [0.1, 0.15) is 101 Å². The Labute approximate surface area is 354 Å². The molecule has 0 aliphatic rings. The third-order valence-corrected chi connectivity index (χ3v) is 14.1. The molecular formula is C54H58N2S2. The van der Waals surface area contributed by atoms with E-state index in [9.17, 15) is 0 Å². The van der Waals surface area contributed by atoms with Gasteiger partial charge in [-0.2, -0.15) is 0 Å². The van der Waals surface area contributed by atoms with Crippen molar-refractivity contribution in [3.63, 3.8) is 0 Å². The summed E-state index contributed by atoms with van der Waals surface area (Å²) in [5, 5.41) is 4.00. The number of thiophene rings is 2. The molecule has 4 heteroatoms. The summed E-state index contributed by atoms with van der Waals surface area (Å²) >= 11 is 3.83. The summed E-state index contributed by atoms with van der Waals surface area (Å²) in [6.07, 6.45) is 0. The summed E-state index contributed by atoms with van der Waals surface area (Å²) in [4.78, 5) is 6.39. The molecule has 58 heavy (non-hydrogen) atoms. The molecule has 0 atom stereocenters. The average Bonchev–Trinajstić information content (AvgIpc) is 3.70. The molecule has 0 aliphatic carbocycles. The summed E-state index contributed by atoms with van der Waals surface area (Å²) < 4.78 is 4.01. The van der Waals surface area contributed by atoms with Gasteiger partial charge in [-0.05, 0) is 132 Å². The molecule has 6 aromatic carbocycles. The fraction of sp³-hybridized carbons (Fsp3) is 0.296. The summed E-state index contributed by atoms with van der Waals surface area (Å²) in [7, 11) is 0. The van der Waals surface area contributed by atoms with Crippen molar-refractivity contribution in [2.24, 2.45) is 0 Å². The number of fused-ring (bicyclic) bond motifs is 5. The molecule has 0 N–H and O–H groups in total. The predicted octanol–water partition coefficient (Wildman–Crippen LogP) is 17.3. The molecule has 0 unspecified atom stereocenters. The van der Waals surface area contributed by atoms with Crippen molar-refractivity contribution in [1.29, 1.82) is 0 Å². The minimum absolute atomic E-state index is 0.0491. The van der Waals surface area contributed by atoms with Gasteiger partial charge in [0, 0.05) is 52.2 Å². The van der Waals surface area contributed by atoms with Crippen LogP contribution in [-0.4, -0.2) is 0 Å². The molecule has 2 aromatic heterocycles. The van der Waals surface area contributed by atoms with Gasteiger partial charge in [-0.1, -0.05) is 123 Å². The normalized spacial score (nSPS) is 12.6. The molecule has 2 heterocycles. The Morgan fingerprint density at radius 2 is 0.983 bits per heavy atom. The number of aryl methyl sites for hydroxylation is 3. The van der Waals surface area contributed by atoms with E-state index in [1.165, 1.54) is 97.0 Å². The molecule has 0 radical (unpaired) electrons. The highest BCUT2D eigenvalue weighted by Gasteiger charge is 2.28. The molecule has 2 nitrogen and oxygen atoms in total. The Bertz CT molecular complexity index is 2810. The summed E-state index contributed by atoms with van der Waals surface area (Å²) in [5.74, 6) is 0. The Morgan fingerprint density at radius 3 is 1.55 bits per heavy atom. The van der Waals surface area contributed by atoms with E-state index in [1.54, 1.807) is 0 Å². The first-order valence-electron chi connectivity index (χ1n) is 20.7.